The molecule has 0 aliphatic carbocycles. The van der Waals surface area contributed by atoms with Crippen molar-refractivity contribution in [2.45, 2.75) is 0 Å². The van der Waals surface area contributed by atoms with E-state index in [0.29, 0.717) is 5.69 Å². The van der Waals surface area contributed by atoms with Crippen LogP contribution in [0.3, 0.4) is 0 Å². The van der Waals surface area contributed by atoms with Gasteiger partial charge in [0.05, 0.1) is 18.5 Å². The number of sulfonamides is 1. The minimum Gasteiger partial charge on any atom is -0.325 e. The molecule has 1 aromatic carbocycles. The molecule has 0 aliphatic rings. The predicted molar refractivity (Wildman–Crippen MR) is 67.4 cm³/mol. The maximum atomic E-state index is 13.3. The van der Waals surface area contributed by atoms with E-state index in [1.807, 2.05) is 4.72 Å². The molecule has 0 heterocycles. The maximum absolute atomic E-state index is 13.3. The van der Waals surface area contributed by atoms with Crippen LogP contribution in [0.4, 0.5) is 15.8 Å². The van der Waals surface area contributed by atoms with Gasteiger partial charge in [-0.3, -0.25) is 9.52 Å². The van der Waals surface area contributed by atoms with Gasteiger partial charge in [0.1, 0.15) is 5.82 Å². The molecule has 18 heavy (non-hydrogen) atoms. The van der Waals surface area contributed by atoms with Crippen LogP contribution < -0.4 is 15.4 Å². The second-order valence-electron chi connectivity index (χ2n) is 3.65. The fraction of sp³-hybridized carbons (Fsp3) is 0.300. The quantitative estimate of drug-likeness (QED) is 0.724. The first-order valence-electron chi connectivity index (χ1n) is 5.03. The summed E-state index contributed by atoms with van der Waals surface area (Å²) in [4.78, 5) is 11.3. The minimum atomic E-state index is -3.57. The van der Waals surface area contributed by atoms with Gasteiger partial charge in [-0.25, -0.2) is 12.8 Å². The number of anilines is 2. The molecule has 3 N–H and O–H groups in total. The Labute approximate surface area is 105 Å². The molecule has 0 saturated carbocycles. The number of hydrogen-bond acceptors (Lipinski definition) is 4. The van der Waals surface area contributed by atoms with Crippen LogP contribution in [0.5, 0.6) is 0 Å². The number of rotatable bonds is 5. The molecule has 1 aromatic rings. The molecule has 1 amide bonds. The Morgan fingerprint density at radius 3 is 2.61 bits per heavy atom. The molecule has 0 aliphatic heterocycles. The van der Waals surface area contributed by atoms with E-state index in [9.17, 15) is 17.6 Å². The van der Waals surface area contributed by atoms with E-state index in [0.717, 1.165) is 12.3 Å². The summed E-state index contributed by atoms with van der Waals surface area (Å²) in [7, 11) is -1.96. The second kappa shape index (κ2) is 5.78. The van der Waals surface area contributed by atoms with E-state index in [-0.39, 0.29) is 18.1 Å². The molecule has 0 unspecified atom stereocenters. The summed E-state index contributed by atoms with van der Waals surface area (Å²) >= 11 is 0. The highest BCUT2D eigenvalue weighted by Crippen LogP contribution is 2.20. The van der Waals surface area contributed by atoms with Gasteiger partial charge < -0.3 is 10.6 Å². The fourth-order valence-electron chi connectivity index (χ4n) is 1.25. The number of benzene rings is 1. The van der Waals surface area contributed by atoms with Crippen LogP contribution in [0.15, 0.2) is 18.2 Å². The van der Waals surface area contributed by atoms with Gasteiger partial charge in [-0.15, -0.1) is 0 Å². The molecular formula is C10H14FN3O3S. The number of carbonyl (C=O) groups is 1. The number of nitrogens with one attached hydrogen (secondary N) is 3. The highest BCUT2D eigenvalue weighted by Gasteiger charge is 2.09. The Bertz CT molecular complexity index is 545. The number of amides is 1. The van der Waals surface area contributed by atoms with Crippen molar-refractivity contribution < 1.29 is 17.6 Å². The normalized spacial score (nSPS) is 11.1. The first-order valence-corrected chi connectivity index (χ1v) is 6.93. The van der Waals surface area contributed by atoms with Crippen LogP contribution >= 0.6 is 0 Å². The van der Waals surface area contributed by atoms with Crippen molar-refractivity contribution in [3.63, 3.8) is 0 Å². The predicted octanol–water partition coefficient (Wildman–Crippen LogP) is 0.355. The highest BCUT2D eigenvalue weighted by atomic mass is 32.2. The second-order valence-corrected chi connectivity index (χ2v) is 5.40. The first-order chi connectivity index (χ1) is 8.31. The highest BCUT2D eigenvalue weighted by molar-refractivity contribution is 7.92. The van der Waals surface area contributed by atoms with Gasteiger partial charge in [0.25, 0.3) is 0 Å². The first kappa shape index (κ1) is 14.4. The molecule has 8 heteroatoms. The van der Waals surface area contributed by atoms with Crippen molar-refractivity contribution in [1.29, 1.82) is 0 Å². The number of carbonyl (C=O) groups excluding carboxylic acids is 1. The monoisotopic (exact) mass is 275 g/mol. The van der Waals surface area contributed by atoms with Gasteiger partial charge in [-0.1, -0.05) is 0 Å². The summed E-state index contributed by atoms with van der Waals surface area (Å²) in [6, 6.07) is 3.63. The molecule has 1 rings (SSSR count). The lowest BCUT2D eigenvalue weighted by Crippen LogP contribution is -2.25. The van der Waals surface area contributed by atoms with E-state index in [4.69, 9.17) is 0 Å². The third-order valence-corrected chi connectivity index (χ3v) is 2.47. The fourth-order valence-corrected chi connectivity index (χ4v) is 1.80. The van der Waals surface area contributed by atoms with Crippen LogP contribution in [0.2, 0.25) is 0 Å². The zero-order valence-electron chi connectivity index (χ0n) is 9.95. The van der Waals surface area contributed by atoms with E-state index < -0.39 is 15.8 Å². The Balaban J connectivity index is 2.90. The molecule has 6 nitrogen and oxygen atoms in total. The van der Waals surface area contributed by atoms with Crippen LogP contribution in [0.1, 0.15) is 0 Å². The number of halogens is 1. The summed E-state index contributed by atoms with van der Waals surface area (Å²) in [5, 5.41) is 5.15. The Hall–Kier alpha value is -1.67. The Morgan fingerprint density at radius 2 is 2.06 bits per heavy atom. The van der Waals surface area contributed by atoms with Crippen molar-refractivity contribution in [3.05, 3.63) is 24.0 Å². The zero-order valence-corrected chi connectivity index (χ0v) is 10.8. The lowest BCUT2D eigenvalue weighted by atomic mass is 10.2. The molecule has 0 atom stereocenters. The minimum absolute atomic E-state index is 0.103. The van der Waals surface area contributed by atoms with E-state index in [2.05, 4.69) is 10.6 Å². The SMILES string of the molecule is CNCC(=O)Nc1ccc(F)c(NS(C)(=O)=O)c1. The smallest absolute Gasteiger partial charge is 0.238 e. The molecule has 100 valence electrons. The molecule has 0 saturated heterocycles. The van der Waals surface area contributed by atoms with E-state index in [1.165, 1.54) is 12.1 Å². The molecule has 0 aromatic heterocycles. The van der Waals surface area contributed by atoms with Crippen LogP contribution in [0.25, 0.3) is 0 Å². The third-order valence-electron chi connectivity index (χ3n) is 1.88. The Morgan fingerprint density at radius 1 is 1.39 bits per heavy atom. The average Bonchev–Trinajstić information content (AvgIpc) is 2.21. The van der Waals surface area contributed by atoms with Gasteiger partial charge >= 0.3 is 0 Å². The van der Waals surface area contributed by atoms with Crippen molar-refractivity contribution >= 4 is 27.3 Å². The number of hydrogen-bond donors (Lipinski definition) is 3. The molecule has 0 spiro atoms. The lowest BCUT2D eigenvalue weighted by molar-refractivity contribution is -0.115. The van der Waals surface area contributed by atoms with E-state index >= 15 is 0 Å². The Kier molecular flexibility index (Phi) is 4.62. The molecule has 0 fully saturated rings. The van der Waals surface area contributed by atoms with E-state index in [1.54, 1.807) is 7.05 Å². The van der Waals surface area contributed by atoms with Crippen molar-refractivity contribution in [2.24, 2.45) is 0 Å². The standard InChI is InChI=1S/C10H14FN3O3S/c1-12-6-10(15)13-7-3-4-8(11)9(5-7)14-18(2,16)17/h3-5,12,14H,6H2,1-2H3,(H,13,15). The van der Waals surface area contributed by atoms with Crippen LogP contribution in [0, 0.1) is 5.82 Å². The van der Waals surface area contributed by atoms with Crippen LogP contribution in [-0.4, -0.2) is 34.2 Å². The molecule has 0 bridgehead atoms. The summed E-state index contributed by atoms with van der Waals surface area (Å²) < 4.78 is 37.4. The van der Waals surface area contributed by atoms with Gasteiger partial charge in [-0.2, -0.15) is 0 Å². The summed E-state index contributed by atoms with van der Waals surface area (Å²) in [6.45, 7) is 0.103. The van der Waals surface area contributed by atoms with Crippen molar-refractivity contribution in [2.75, 3.05) is 29.9 Å². The van der Waals surface area contributed by atoms with Crippen molar-refractivity contribution in [3.8, 4) is 0 Å². The molecular weight excluding hydrogens is 261 g/mol. The van der Waals surface area contributed by atoms with Crippen LogP contribution in [-0.2, 0) is 14.8 Å². The average molecular weight is 275 g/mol. The van der Waals surface area contributed by atoms with Gasteiger partial charge in [0.15, 0.2) is 0 Å². The summed E-state index contributed by atoms with van der Waals surface area (Å²) in [5.41, 5.74) is 0.0996. The van der Waals surface area contributed by atoms with Gasteiger partial charge in [0.2, 0.25) is 15.9 Å². The third kappa shape index (κ3) is 4.68. The molecule has 0 radical (unpaired) electrons. The maximum Gasteiger partial charge on any atom is 0.238 e. The summed E-state index contributed by atoms with van der Waals surface area (Å²) in [5.74, 6) is -1.03. The topological polar surface area (TPSA) is 87.3 Å². The number of likely N-dealkylation sites (N-methyl/N-ethyl adjacent to an activating group) is 1. The van der Waals surface area contributed by atoms with Gasteiger partial charge in [-0.05, 0) is 25.2 Å². The lowest BCUT2D eigenvalue weighted by Gasteiger charge is -2.09. The zero-order chi connectivity index (χ0) is 13.8. The van der Waals surface area contributed by atoms with Crippen molar-refractivity contribution in [1.82, 2.24) is 5.32 Å². The van der Waals surface area contributed by atoms with Gasteiger partial charge in [0, 0.05) is 5.69 Å². The largest absolute Gasteiger partial charge is 0.325 e. The summed E-state index contributed by atoms with van der Waals surface area (Å²) in [6.07, 6.45) is 0.915.